The summed E-state index contributed by atoms with van der Waals surface area (Å²) in [5, 5.41) is 5.99. The van der Waals surface area contributed by atoms with Crippen LogP contribution in [0.4, 0.5) is 10.5 Å². The van der Waals surface area contributed by atoms with Crippen molar-refractivity contribution in [3.8, 4) is 0 Å². The lowest BCUT2D eigenvalue weighted by molar-refractivity contribution is 0.250. The smallest absolute Gasteiger partial charge is 0.319 e. The molecule has 0 aliphatic carbocycles. The molecule has 1 aromatic rings. The Hall–Kier alpha value is -0.740. The van der Waals surface area contributed by atoms with Crippen molar-refractivity contribution in [1.29, 1.82) is 0 Å². The third-order valence-corrected chi connectivity index (χ3v) is 3.02. The first-order chi connectivity index (χ1) is 7.00. The van der Waals surface area contributed by atoms with E-state index in [-0.39, 0.29) is 12.1 Å². The van der Waals surface area contributed by atoms with Gasteiger partial charge in [-0.1, -0.05) is 17.7 Å². The minimum absolute atomic E-state index is 0.1000. The number of hydrogen-bond donors (Lipinski definition) is 2. The zero-order valence-electron chi connectivity index (χ0n) is 8.47. The first-order valence-corrected chi connectivity index (χ1v) is 5.69. The number of hydrogen-bond acceptors (Lipinski definition) is 1. The quantitative estimate of drug-likeness (QED) is 0.858. The number of amides is 2. The Morgan fingerprint density at radius 2 is 2.13 bits per heavy atom. The summed E-state index contributed by atoms with van der Waals surface area (Å²) in [6.07, 6.45) is 0. The van der Waals surface area contributed by atoms with E-state index in [9.17, 15) is 4.79 Å². The van der Waals surface area contributed by atoms with Crippen LogP contribution in [0.1, 0.15) is 13.8 Å². The summed E-state index contributed by atoms with van der Waals surface area (Å²) in [5.41, 5.74) is 0.653. The van der Waals surface area contributed by atoms with E-state index in [0.29, 0.717) is 15.2 Å². The number of benzene rings is 1. The summed E-state index contributed by atoms with van der Waals surface area (Å²) in [7, 11) is 0. The van der Waals surface area contributed by atoms with E-state index in [1.165, 1.54) is 0 Å². The Morgan fingerprint density at radius 3 is 2.73 bits per heavy atom. The van der Waals surface area contributed by atoms with Gasteiger partial charge in [-0.3, -0.25) is 0 Å². The SMILES string of the molecule is CC(C)NC(=O)Nc1cccc(Cl)c1Br. The Morgan fingerprint density at radius 1 is 1.47 bits per heavy atom. The molecule has 0 aliphatic rings. The van der Waals surface area contributed by atoms with Gasteiger partial charge in [-0.15, -0.1) is 0 Å². The second-order valence-corrected chi connectivity index (χ2v) is 4.55. The van der Waals surface area contributed by atoms with Crippen molar-refractivity contribution >= 4 is 39.2 Å². The largest absolute Gasteiger partial charge is 0.336 e. The van der Waals surface area contributed by atoms with E-state index in [2.05, 4.69) is 26.6 Å². The summed E-state index contributed by atoms with van der Waals surface area (Å²) in [6.45, 7) is 3.79. The van der Waals surface area contributed by atoms with E-state index < -0.39 is 0 Å². The molecule has 0 unspecified atom stereocenters. The molecular weight excluding hydrogens is 279 g/mol. The summed E-state index contributed by atoms with van der Waals surface area (Å²) < 4.78 is 0.686. The molecule has 82 valence electrons. The summed E-state index contributed by atoms with van der Waals surface area (Å²) in [5.74, 6) is 0. The zero-order chi connectivity index (χ0) is 11.4. The molecule has 0 aromatic heterocycles. The molecule has 2 N–H and O–H groups in total. The minimum atomic E-state index is -0.243. The van der Waals surface area contributed by atoms with Crippen molar-refractivity contribution in [2.75, 3.05) is 5.32 Å². The van der Waals surface area contributed by atoms with E-state index in [1.807, 2.05) is 13.8 Å². The minimum Gasteiger partial charge on any atom is -0.336 e. The van der Waals surface area contributed by atoms with Gasteiger partial charge < -0.3 is 10.6 Å². The van der Waals surface area contributed by atoms with Gasteiger partial charge in [-0.25, -0.2) is 4.79 Å². The van der Waals surface area contributed by atoms with E-state index in [4.69, 9.17) is 11.6 Å². The van der Waals surface area contributed by atoms with Crippen molar-refractivity contribution in [1.82, 2.24) is 5.32 Å². The number of carbonyl (C=O) groups excluding carboxylic acids is 1. The molecule has 0 spiro atoms. The van der Waals surface area contributed by atoms with Gasteiger partial charge in [-0.05, 0) is 41.9 Å². The summed E-state index contributed by atoms with van der Waals surface area (Å²) in [4.78, 5) is 11.4. The van der Waals surface area contributed by atoms with Crippen molar-refractivity contribution in [3.05, 3.63) is 27.7 Å². The lowest BCUT2D eigenvalue weighted by Crippen LogP contribution is -2.34. The molecule has 0 aliphatic heterocycles. The highest BCUT2D eigenvalue weighted by atomic mass is 79.9. The summed E-state index contributed by atoms with van der Waals surface area (Å²) in [6, 6.07) is 5.15. The Kier molecular flexibility index (Phi) is 4.42. The molecule has 0 bridgehead atoms. The number of urea groups is 1. The third-order valence-electron chi connectivity index (χ3n) is 1.62. The highest BCUT2D eigenvalue weighted by Gasteiger charge is 2.07. The second-order valence-electron chi connectivity index (χ2n) is 3.35. The molecule has 15 heavy (non-hydrogen) atoms. The highest BCUT2D eigenvalue weighted by Crippen LogP contribution is 2.29. The number of carbonyl (C=O) groups is 1. The van der Waals surface area contributed by atoms with Crippen LogP contribution < -0.4 is 10.6 Å². The molecule has 3 nitrogen and oxygen atoms in total. The standard InChI is InChI=1S/C10H12BrClN2O/c1-6(2)13-10(15)14-8-5-3-4-7(12)9(8)11/h3-6H,1-2H3,(H2,13,14,15). The predicted molar refractivity (Wildman–Crippen MR) is 66.4 cm³/mol. The number of nitrogens with one attached hydrogen (secondary N) is 2. The van der Waals surface area contributed by atoms with Crippen LogP contribution in [0, 0.1) is 0 Å². The maximum atomic E-state index is 11.4. The van der Waals surface area contributed by atoms with Gasteiger partial charge in [-0.2, -0.15) is 0 Å². The normalized spacial score (nSPS) is 10.2. The fourth-order valence-corrected chi connectivity index (χ4v) is 1.56. The molecule has 0 saturated carbocycles. The van der Waals surface area contributed by atoms with Crippen molar-refractivity contribution < 1.29 is 4.79 Å². The molecular formula is C10H12BrClN2O. The van der Waals surface area contributed by atoms with E-state index >= 15 is 0 Å². The van der Waals surface area contributed by atoms with Gasteiger partial charge in [0, 0.05) is 6.04 Å². The van der Waals surface area contributed by atoms with Gasteiger partial charge in [0.1, 0.15) is 0 Å². The van der Waals surface area contributed by atoms with Crippen molar-refractivity contribution in [2.24, 2.45) is 0 Å². The van der Waals surface area contributed by atoms with Gasteiger partial charge >= 0.3 is 6.03 Å². The first kappa shape index (κ1) is 12.3. The fourth-order valence-electron chi connectivity index (χ4n) is 1.02. The van der Waals surface area contributed by atoms with Gasteiger partial charge in [0.25, 0.3) is 0 Å². The maximum absolute atomic E-state index is 11.4. The highest BCUT2D eigenvalue weighted by molar-refractivity contribution is 9.10. The average Bonchev–Trinajstić information content (AvgIpc) is 2.11. The topological polar surface area (TPSA) is 41.1 Å². The molecule has 0 atom stereocenters. The molecule has 1 aromatic carbocycles. The van der Waals surface area contributed by atoms with Crippen LogP contribution in [0.3, 0.4) is 0 Å². The van der Waals surface area contributed by atoms with Crippen LogP contribution in [0.5, 0.6) is 0 Å². The van der Waals surface area contributed by atoms with Crippen LogP contribution in [0.2, 0.25) is 5.02 Å². The first-order valence-electron chi connectivity index (χ1n) is 4.52. The summed E-state index contributed by atoms with van der Waals surface area (Å²) >= 11 is 9.18. The number of rotatable bonds is 2. The van der Waals surface area contributed by atoms with Gasteiger partial charge in [0.05, 0.1) is 15.2 Å². The number of halogens is 2. The molecule has 0 saturated heterocycles. The molecule has 2 amide bonds. The second kappa shape index (κ2) is 5.37. The average molecular weight is 292 g/mol. The van der Waals surface area contributed by atoms with Crippen LogP contribution in [-0.2, 0) is 0 Å². The Balaban J connectivity index is 2.73. The molecule has 0 heterocycles. The predicted octanol–water partition coefficient (Wildman–Crippen LogP) is 3.63. The fraction of sp³-hybridized carbons (Fsp3) is 0.300. The van der Waals surface area contributed by atoms with Crippen molar-refractivity contribution in [3.63, 3.8) is 0 Å². The molecule has 1 rings (SSSR count). The zero-order valence-corrected chi connectivity index (χ0v) is 10.8. The maximum Gasteiger partial charge on any atom is 0.319 e. The van der Waals surface area contributed by atoms with E-state index in [1.54, 1.807) is 18.2 Å². The lowest BCUT2D eigenvalue weighted by atomic mass is 10.3. The lowest BCUT2D eigenvalue weighted by Gasteiger charge is -2.11. The van der Waals surface area contributed by atoms with Crippen LogP contribution >= 0.6 is 27.5 Å². The van der Waals surface area contributed by atoms with Crippen LogP contribution in [-0.4, -0.2) is 12.1 Å². The van der Waals surface area contributed by atoms with Crippen LogP contribution in [0.25, 0.3) is 0 Å². The van der Waals surface area contributed by atoms with Crippen LogP contribution in [0.15, 0.2) is 22.7 Å². The molecule has 0 fully saturated rings. The molecule has 0 radical (unpaired) electrons. The third kappa shape index (κ3) is 3.72. The number of anilines is 1. The van der Waals surface area contributed by atoms with Gasteiger partial charge in [0.15, 0.2) is 0 Å². The molecule has 5 heteroatoms. The monoisotopic (exact) mass is 290 g/mol. The Labute approximate surface area is 102 Å². The Bertz CT molecular complexity index is 368. The van der Waals surface area contributed by atoms with E-state index in [0.717, 1.165) is 0 Å². The van der Waals surface area contributed by atoms with Gasteiger partial charge in [0.2, 0.25) is 0 Å². The van der Waals surface area contributed by atoms with Crippen molar-refractivity contribution in [2.45, 2.75) is 19.9 Å².